The van der Waals surface area contributed by atoms with Crippen LogP contribution in [0.3, 0.4) is 0 Å². The Balaban J connectivity index is 2.31. The van der Waals surface area contributed by atoms with Crippen LogP contribution in [0.5, 0.6) is 5.75 Å². The van der Waals surface area contributed by atoms with Crippen LogP contribution in [0.4, 0.5) is 0 Å². The number of hydrogen-bond donors (Lipinski definition) is 1. The molecule has 0 bridgehead atoms. The van der Waals surface area contributed by atoms with Gasteiger partial charge in [-0.15, -0.1) is 0 Å². The van der Waals surface area contributed by atoms with Gasteiger partial charge in [0, 0.05) is 9.79 Å². The van der Waals surface area contributed by atoms with E-state index in [4.69, 9.17) is 4.74 Å². The molecule has 2 aromatic rings. The number of carboxylic acids is 1. The van der Waals surface area contributed by atoms with E-state index in [1.807, 2.05) is 48.5 Å². The normalized spacial score (nSPS) is 11.9. The first-order chi connectivity index (χ1) is 9.61. The van der Waals surface area contributed by atoms with Crippen LogP contribution < -0.4 is 4.74 Å². The molecule has 0 aliphatic carbocycles. The van der Waals surface area contributed by atoms with Gasteiger partial charge < -0.3 is 9.84 Å². The molecule has 0 saturated heterocycles. The minimum atomic E-state index is -0.816. The summed E-state index contributed by atoms with van der Waals surface area (Å²) in [7, 11) is 1.63. The average Bonchev–Trinajstić information content (AvgIpc) is 2.47. The van der Waals surface area contributed by atoms with Crippen molar-refractivity contribution in [3.8, 4) is 5.75 Å². The summed E-state index contributed by atoms with van der Waals surface area (Å²) in [5.74, 6) is -0.549. The average molecular weight is 288 g/mol. The Morgan fingerprint density at radius 3 is 2.65 bits per heavy atom. The molecule has 0 spiro atoms. The Bertz CT molecular complexity index is 610. The third-order valence-electron chi connectivity index (χ3n) is 3.02. The van der Waals surface area contributed by atoms with Crippen LogP contribution in [0, 0.1) is 0 Å². The molecule has 2 rings (SSSR count). The van der Waals surface area contributed by atoms with Crippen molar-refractivity contribution >= 4 is 17.7 Å². The zero-order chi connectivity index (χ0) is 14.5. The van der Waals surface area contributed by atoms with E-state index in [0.717, 1.165) is 21.1 Å². The molecule has 0 aliphatic rings. The minimum Gasteiger partial charge on any atom is -0.497 e. The maximum Gasteiger partial charge on any atom is 0.310 e. The van der Waals surface area contributed by atoms with Crippen molar-refractivity contribution in [1.29, 1.82) is 0 Å². The van der Waals surface area contributed by atoms with E-state index in [2.05, 4.69) is 0 Å². The van der Waals surface area contributed by atoms with Crippen LogP contribution >= 0.6 is 11.8 Å². The predicted molar refractivity (Wildman–Crippen MR) is 79.6 cm³/mol. The zero-order valence-electron chi connectivity index (χ0n) is 11.4. The lowest BCUT2D eigenvalue weighted by molar-refractivity contribution is -0.138. The van der Waals surface area contributed by atoms with Crippen LogP contribution in [-0.4, -0.2) is 18.2 Å². The van der Waals surface area contributed by atoms with Crippen LogP contribution in [-0.2, 0) is 4.79 Å². The van der Waals surface area contributed by atoms with E-state index in [1.165, 1.54) is 0 Å². The number of hydrogen-bond acceptors (Lipinski definition) is 3. The second-order valence-corrected chi connectivity index (χ2v) is 5.49. The van der Waals surface area contributed by atoms with Gasteiger partial charge in [-0.05, 0) is 36.8 Å². The fraction of sp³-hybridized carbons (Fsp3) is 0.188. The second kappa shape index (κ2) is 6.48. The number of carbonyl (C=O) groups is 1. The van der Waals surface area contributed by atoms with Crippen molar-refractivity contribution in [2.45, 2.75) is 22.6 Å². The number of carboxylic acid groups (broad SMARTS) is 1. The summed E-state index contributed by atoms with van der Waals surface area (Å²) in [6, 6.07) is 15.3. The fourth-order valence-corrected chi connectivity index (χ4v) is 2.94. The zero-order valence-corrected chi connectivity index (χ0v) is 12.2. The topological polar surface area (TPSA) is 46.5 Å². The molecule has 0 fully saturated rings. The molecule has 20 heavy (non-hydrogen) atoms. The molecule has 0 amide bonds. The maximum atomic E-state index is 11.2. The lowest BCUT2D eigenvalue weighted by Gasteiger charge is -2.12. The lowest BCUT2D eigenvalue weighted by atomic mass is 10.0. The Hall–Kier alpha value is -1.94. The summed E-state index contributed by atoms with van der Waals surface area (Å²) >= 11 is 1.55. The summed E-state index contributed by atoms with van der Waals surface area (Å²) in [5.41, 5.74) is 0.827. The SMILES string of the molecule is COc1cccc(Sc2ccccc2C(C)C(=O)O)c1. The van der Waals surface area contributed by atoms with Crippen LogP contribution in [0.15, 0.2) is 58.3 Å². The van der Waals surface area contributed by atoms with Gasteiger partial charge in [0.15, 0.2) is 0 Å². The monoisotopic (exact) mass is 288 g/mol. The molecular weight excluding hydrogens is 272 g/mol. The molecule has 3 nitrogen and oxygen atoms in total. The van der Waals surface area contributed by atoms with Crippen molar-refractivity contribution in [3.05, 3.63) is 54.1 Å². The standard InChI is InChI=1S/C16H16O3S/c1-11(16(17)18)14-8-3-4-9-15(14)20-13-7-5-6-12(10-13)19-2/h3-11H,1-2H3,(H,17,18). The number of benzene rings is 2. The van der Waals surface area contributed by atoms with Crippen molar-refractivity contribution in [2.75, 3.05) is 7.11 Å². The second-order valence-electron chi connectivity index (χ2n) is 4.38. The van der Waals surface area contributed by atoms with Crippen LogP contribution in [0.1, 0.15) is 18.4 Å². The van der Waals surface area contributed by atoms with E-state index in [0.29, 0.717) is 0 Å². The molecule has 1 atom stereocenters. The molecular formula is C16H16O3S. The van der Waals surface area contributed by atoms with E-state index < -0.39 is 11.9 Å². The van der Waals surface area contributed by atoms with Gasteiger partial charge in [0.2, 0.25) is 0 Å². The molecule has 0 saturated carbocycles. The van der Waals surface area contributed by atoms with Crippen LogP contribution in [0.25, 0.3) is 0 Å². The third kappa shape index (κ3) is 3.33. The summed E-state index contributed by atoms with van der Waals surface area (Å²) in [5, 5.41) is 9.18. The first-order valence-electron chi connectivity index (χ1n) is 6.25. The van der Waals surface area contributed by atoms with Gasteiger partial charge in [-0.1, -0.05) is 36.0 Å². The molecule has 0 aromatic heterocycles. The number of aliphatic carboxylic acids is 1. The number of ether oxygens (including phenoxy) is 1. The minimum absolute atomic E-state index is 0.524. The van der Waals surface area contributed by atoms with Gasteiger partial charge in [-0.2, -0.15) is 0 Å². The lowest BCUT2D eigenvalue weighted by Crippen LogP contribution is -2.08. The van der Waals surface area contributed by atoms with Crippen molar-refractivity contribution in [1.82, 2.24) is 0 Å². The van der Waals surface area contributed by atoms with Crippen molar-refractivity contribution < 1.29 is 14.6 Å². The molecule has 4 heteroatoms. The summed E-state index contributed by atoms with van der Waals surface area (Å²) < 4.78 is 5.20. The first kappa shape index (κ1) is 14.5. The van der Waals surface area contributed by atoms with Gasteiger partial charge in [-0.3, -0.25) is 4.79 Å². The Labute approximate surface area is 122 Å². The van der Waals surface area contributed by atoms with Crippen molar-refractivity contribution in [2.24, 2.45) is 0 Å². The van der Waals surface area contributed by atoms with Gasteiger partial charge in [-0.25, -0.2) is 0 Å². The summed E-state index contributed by atoms with van der Waals surface area (Å²) in [6.07, 6.45) is 0. The molecule has 0 radical (unpaired) electrons. The Kier molecular flexibility index (Phi) is 4.69. The van der Waals surface area contributed by atoms with E-state index in [-0.39, 0.29) is 0 Å². The highest BCUT2D eigenvalue weighted by Crippen LogP contribution is 2.35. The fourth-order valence-electron chi connectivity index (χ4n) is 1.86. The maximum absolute atomic E-state index is 11.2. The summed E-state index contributed by atoms with van der Waals surface area (Å²) in [6.45, 7) is 1.70. The number of rotatable bonds is 5. The van der Waals surface area contributed by atoms with Gasteiger partial charge in [0.1, 0.15) is 5.75 Å². The molecule has 104 valence electrons. The summed E-state index contributed by atoms with van der Waals surface area (Å²) in [4.78, 5) is 13.2. The Morgan fingerprint density at radius 2 is 1.95 bits per heavy atom. The first-order valence-corrected chi connectivity index (χ1v) is 7.07. The third-order valence-corrected chi connectivity index (χ3v) is 4.11. The van der Waals surface area contributed by atoms with E-state index >= 15 is 0 Å². The Morgan fingerprint density at radius 1 is 1.20 bits per heavy atom. The highest BCUT2D eigenvalue weighted by atomic mass is 32.2. The largest absolute Gasteiger partial charge is 0.497 e. The molecule has 2 aromatic carbocycles. The quantitative estimate of drug-likeness (QED) is 0.902. The van der Waals surface area contributed by atoms with Gasteiger partial charge >= 0.3 is 5.97 Å². The van der Waals surface area contributed by atoms with Crippen molar-refractivity contribution in [3.63, 3.8) is 0 Å². The molecule has 1 N–H and O–H groups in total. The highest BCUT2D eigenvalue weighted by molar-refractivity contribution is 7.99. The van der Waals surface area contributed by atoms with Crippen LogP contribution in [0.2, 0.25) is 0 Å². The van der Waals surface area contributed by atoms with E-state index in [1.54, 1.807) is 25.8 Å². The van der Waals surface area contributed by atoms with Gasteiger partial charge in [0.05, 0.1) is 13.0 Å². The molecule has 1 unspecified atom stereocenters. The smallest absolute Gasteiger partial charge is 0.310 e. The molecule has 0 aliphatic heterocycles. The highest BCUT2D eigenvalue weighted by Gasteiger charge is 2.17. The number of methoxy groups -OCH3 is 1. The van der Waals surface area contributed by atoms with Gasteiger partial charge in [0.25, 0.3) is 0 Å². The predicted octanol–water partition coefficient (Wildman–Crippen LogP) is 4.03. The molecule has 0 heterocycles. The van der Waals surface area contributed by atoms with E-state index in [9.17, 15) is 9.90 Å².